The van der Waals surface area contributed by atoms with Gasteiger partial charge in [-0.25, -0.2) is 8.78 Å². The summed E-state index contributed by atoms with van der Waals surface area (Å²) < 4.78 is 29.2. The Balaban J connectivity index is 1.38. The molecule has 0 saturated carbocycles. The van der Waals surface area contributed by atoms with Crippen LogP contribution in [0.15, 0.2) is 54.7 Å². The van der Waals surface area contributed by atoms with E-state index in [1.165, 1.54) is 4.68 Å². The quantitative estimate of drug-likeness (QED) is 0.433. The number of aryl methyl sites for hydroxylation is 1. The summed E-state index contributed by atoms with van der Waals surface area (Å²) in [6.45, 7) is 0.347. The first-order valence-electron chi connectivity index (χ1n) is 12.7. The van der Waals surface area contributed by atoms with E-state index in [0.717, 1.165) is 35.6 Å². The average Bonchev–Trinajstić information content (AvgIpc) is 3.26. The van der Waals surface area contributed by atoms with Crippen LogP contribution in [0.2, 0.25) is 0 Å². The number of halogens is 2. The van der Waals surface area contributed by atoms with E-state index in [2.05, 4.69) is 10.4 Å². The summed E-state index contributed by atoms with van der Waals surface area (Å²) in [6.07, 6.45) is 5.10. The summed E-state index contributed by atoms with van der Waals surface area (Å²) in [4.78, 5) is 36.7. The minimum atomic E-state index is -2.92. The van der Waals surface area contributed by atoms with E-state index >= 15 is 0 Å². The molecule has 2 amide bonds. The fourth-order valence-corrected chi connectivity index (χ4v) is 5.46. The molecular weight excluding hydrogens is 476 g/mol. The Morgan fingerprint density at radius 1 is 0.946 bits per heavy atom. The Bertz CT molecular complexity index is 1340. The number of benzene rings is 2. The molecule has 37 heavy (non-hydrogen) atoms. The molecule has 2 aliphatic rings. The van der Waals surface area contributed by atoms with Gasteiger partial charge in [0, 0.05) is 41.9 Å². The van der Waals surface area contributed by atoms with Crippen molar-refractivity contribution < 1.29 is 23.2 Å². The summed E-state index contributed by atoms with van der Waals surface area (Å²) in [6, 6.07) is 15.0. The van der Waals surface area contributed by atoms with E-state index in [1.54, 1.807) is 6.20 Å². The number of Topliss-reactive ketones (excluding diaryl/α,β-unsaturated/α-hetero) is 1. The number of alkyl halides is 2. The molecule has 1 aliphatic heterocycles. The molecule has 1 N–H and O–H groups in total. The van der Waals surface area contributed by atoms with E-state index in [-0.39, 0.29) is 29.4 Å². The first-order valence-corrected chi connectivity index (χ1v) is 12.7. The Morgan fingerprint density at radius 3 is 2.41 bits per heavy atom. The van der Waals surface area contributed by atoms with Gasteiger partial charge in [0.05, 0.1) is 11.9 Å². The number of imide groups is 1. The van der Waals surface area contributed by atoms with Gasteiger partial charge in [0.2, 0.25) is 11.8 Å². The topological polar surface area (TPSA) is 81.1 Å². The van der Waals surface area contributed by atoms with Gasteiger partial charge in [0.1, 0.15) is 6.54 Å². The highest BCUT2D eigenvalue weighted by atomic mass is 19.3. The highest BCUT2D eigenvalue weighted by Gasteiger charge is 2.32. The third-order valence-electron chi connectivity index (χ3n) is 7.35. The lowest BCUT2D eigenvalue weighted by molar-refractivity contribution is -0.136. The Labute approximate surface area is 214 Å². The monoisotopic (exact) mass is 505 g/mol. The summed E-state index contributed by atoms with van der Waals surface area (Å²) in [5, 5.41) is 6.67. The van der Waals surface area contributed by atoms with Crippen LogP contribution in [0.25, 0.3) is 22.4 Å². The molecule has 5 rings (SSSR count). The molecule has 1 aliphatic carbocycles. The van der Waals surface area contributed by atoms with E-state index in [9.17, 15) is 23.2 Å². The molecule has 3 aromatic rings. The van der Waals surface area contributed by atoms with E-state index in [1.807, 2.05) is 48.5 Å². The minimum Gasteiger partial charge on any atom is -0.296 e. The highest BCUT2D eigenvalue weighted by Crippen LogP contribution is 2.37. The van der Waals surface area contributed by atoms with Crippen molar-refractivity contribution in [2.45, 2.75) is 57.9 Å². The zero-order valence-electron chi connectivity index (χ0n) is 20.7. The van der Waals surface area contributed by atoms with Crippen LogP contribution in [0.5, 0.6) is 0 Å². The number of amides is 2. The van der Waals surface area contributed by atoms with E-state index in [0.29, 0.717) is 43.4 Å². The number of rotatable bonds is 7. The molecule has 2 unspecified atom stereocenters. The van der Waals surface area contributed by atoms with Crippen molar-refractivity contribution >= 4 is 17.6 Å². The predicted octanol–water partition coefficient (Wildman–Crippen LogP) is 5.45. The molecule has 2 atom stereocenters. The number of piperidine rings is 1. The predicted molar refractivity (Wildman–Crippen MR) is 135 cm³/mol. The number of hydrogen-bond acceptors (Lipinski definition) is 4. The molecule has 2 aromatic carbocycles. The number of ketones is 1. The minimum absolute atomic E-state index is 0.0738. The molecule has 192 valence electrons. The maximum Gasteiger partial charge on any atom is 0.264 e. The molecule has 1 aromatic heterocycles. The number of hydrogen-bond donors (Lipinski definition) is 1. The zero-order valence-corrected chi connectivity index (χ0v) is 20.7. The number of nitrogens with one attached hydrogen (secondary N) is 1. The van der Waals surface area contributed by atoms with Crippen molar-refractivity contribution in [1.29, 1.82) is 0 Å². The Hall–Kier alpha value is -3.68. The Kier molecular flexibility index (Phi) is 6.75. The van der Waals surface area contributed by atoms with Crippen LogP contribution in [0.4, 0.5) is 8.78 Å². The van der Waals surface area contributed by atoms with Gasteiger partial charge in [-0.05, 0) is 43.2 Å². The van der Waals surface area contributed by atoms with Gasteiger partial charge in [-0.2, -0.15) is 5.10 Å². The molecule has 0 spiro atoms. The van der Waals surface area contributed by atoms with Crippen molar-refractivity contribution in [2.75, 3.05) is 0 Å². The van der Waals surface area contributed by atoms with Crippen molar-refractivity contribution in [2.24, 2.45) is 11.8 Å². The fourth-order valence-electron chi connectivity index (χ4n) is 5.46. The van der Waals surface area contributed by atoms with Gasteiger partial charge < -0.3 is 0 Å². The SMILES string of the molecule is CC(F)(F)Cn1ncc(-c2ccc3c(c2)CCC(CCC2CCC(=O)NC2=O)C3=O)c1-c1ccccc1. The van der Waals surface area contributed by atoms with Crippen LogP contribution in [0, 0.1) is 11.8 Å². The largest absolute Gasteiger partial charge is 0.296 e. The third kappa shape index (κ3) is 5.38. The standard InChI is InChI=1S/C29H29F2N3O3/c1-29(30,31)17-34-26(18-5-3-2-4-6-18)24(16-32-34)22-11-13-23-21(15-22)10-8-19(27(23)36)7-9-20-12-14-25(35)33-28(20)37/h2-6,11,13,15-16,19-20H,7-10,12,14,17H2,1H3,(H,33,35,37). The van der Waals surface area contributed by atoms with Crippen LogP contribution in [0.3, 0.4) is 0 Å². The molecule has 0 bridgehead atoms. The van der Waals surface area contributed by atoms with Gasteiger partial charge in [0.15, 0.2) is 5.78 Å². The van der Waals surface area contributed by atoms with Crippen LogP contribution in [-0.4, -0.2) is 33.3 Å². The van der Waals surface area contributed by atoms with Crippen LogP contribution in [0.1, 0.15) is 54.9 Å². The van der Waals surface area contributed by atoms with Crippen molar-refractivity contribution in [1.82, 2.24) is 15.1 Å². The number of aromatic nitrogens is 2. The average molecular weight is 506 g/mol. The molecule has 2 heterocycles. The van der Waals surface area contributed by atoms with Crippen LogP contribution < -0.4 is 5.32 Å². The van der Waals surface area contributed by atoms with Gasteiger partial charge in [-0.1, -0.05) is 48.5 Å². The number of nitrogens with zero attached hydrogens (tertiary/aromatic N) is 2. The second kappa shape index (κ2) is 10.00. The van der Waals surface area contributed by atoms with Gasteiger partial charge in [-0.15, -0.1) is 0 Å². The molecule has 8 heteroatoms. The van der Waals surface area contributed by atoms with E-state index < -0.39 is 12.5 Å². The normalized spacial score (nSPS) is 20.0. The highest BCUT2D eigenvalue weighted by molar-refractivity contribution is 6.01. The summed E-state index contributed by atoms with van der Waals surface area (Å²) >= 11 is 0. The second-order valence-electron chi connectivity index (χ2n) is 10.2. The fraction of sp³-hybridized carbons (Fsp3) is 0.379. The van der Waals surface area contributed by atoms with Gasteiger partial charge in [-0.3, -0.25) is 24.4 Å². The lowest BCUT2D eigenvalue weighted by Gasteiger charge is -2.26. The first-order chi connectivity index (χ1) is 17.7. The third-order valence-corrected chi connectivity index (χ3v) is 7.35. The van der Waals surface area contributed by atoms with Crippen molar-refractivity contribution in [3.05, 3.63) is 65.9 Å². The Morgan fingerprint density at radius 2 is 1.68 bits per heavy atom. The zero-order chi connectivity index (χ0) is 26.2. The summed E-state index contributed by atoms with van der Waals surface area (Å²) in [7, 11) is 0. The number of carbonyl (C=O) groups is 3. The number of fused-ring (bicyclic) bond motifs is 1. The summed E-state index contributed by atoms with van der Waals surface area (Å²) in [5.41, 5.74) is 4.60. The van der Waals surface area contributed by atoms with Crippen LogP contribution in [-0.2, 0) is 22.6 Å². The molecule has 0 radical (unpaired) electrons. The summed E-state index contributed by atoms with van der Waals surface area (Å²) in [5.74, 6) is -3.69. The van der Waals surface area contributed by atoms with E-state index in [4.69, 9.17) is 0 Å². The van der Waals surface area contributed by atoms with Gasteiger partial charge in [0.25, 0.3) is 5.92 Å². The maximum absolute atomic E-state index is 13.9. The van der Waals surface area contributed by atoms with Crippen molar-refractivity contribution in [3.8, 4) is 22.4 Å². The molecular formula is C29H29F2N3O3. The molecule has 1 saturated heterocycles. The molecule has 6 nitrogen and oxygen atoms in total. The van der Waals surface area contributed by atoms with Crippen molar-refractivity contribution in [3.63, 3.8) is 0 Å². The first kappa shape index (κ1) is 25.0. The molecule has 1 fully saturated rings. The van der Waals surface area contributed by atoms with Crippen LogP contribution >= 0.6 is 0 Å². The smallest absolute Gasteiger partial charge is 0.264 e. The number of carbonyl (C=O) groups excluding carboxylic acids is 3. The van der Waals surface area contributed by atoms with Gasteiger partial charge >= 0.3 is 0 Å². The lowest BCUT2D eigenvalue weighted by Crippen LogP contribution is -2.41. The lowest BCUT2D eigenvalue weighted by atomic mass is 9.78. The maximum atomic E-state index is 13.9. The second-order valence-corrected chi connectivity index (χ2v) is 10.2.